The number of imidazole rings is 1. The van der Waals surface area contributed by atoms with Crippen LogP contribution in [0.3, 0.4) is 0 Å². The number of aliphatic carboxylic acids is 1. The summed E-state index contributed by atoms with van der Waals surface area (Å²) in [4.78, 5) is 40.3. The summed E-state index contributed by atoms with van der Waals surface area (Å²) in [5, 5.41) is 21.7. The normalized spacial score (nSPS) is 13.2. The molecule has 7 N–H and O–H groups in total. The van der Waals surface area contributed by atoms with Crippen LogP contribution in [0.4, 0.5) is 0 Å². The molecular formula is C11H17N5O5. The van der Waals surface area contributed by atoms with E-state index in [0.717, 1.165) is 0 Å². The van der Waals surface area contributed by atoms with E-state index in [2.05, 4.69) is 15.3 Å². The molecule has 1 aromatic rings. The average Bonchev–Trinajstić information content (AvgIpc) is 2.94. The van der Waals surface area contributed by atoms with E-state index in [9.17, 15) is 14.4 Å². The van der Waals surface area contributed by atoms with E-state index in [1.165, 1.54) is 6.33 Å². The summed E-state index contributed by atoms with van der Waals surface area (Å²) in [6.07, 6.45) is 3.25. The third-order valence-corrected chi connectivity index (χ3v) is 2.56. The van der Waals surface area contributed by atoms with Crippen molar-refractivity contribution in [2.45, 2.75) is 18.5 Å². The Hall–Kier alpha value is -2.46. The highest BCUT2D eigenvalue weighted by atomic mass is 16.4. The second-order valence-corrected chi connectivity index (χ2v) is 4.23. The Morgan fingerprint density at radius 1 is 1.43 bits per heavy atom. The SMILES string of the molecule is N[C@@H](Cc1c[nH]cn1)C(=O)NCC(=O)N[C@@H](CO)C(=O)O. The number of carbonyl (C=O) groups is 3. The van der Waals surface area contributed by atoms with E-state index in [1.807, 2.05) is 5.32 Å². The van der Waals surface area contributed by atoms with Gasteiger partial charge in [0.05, 0.1) is 31.2 Å². The van der Waals surface area contributed by atoms with Gasteiger partial charge < -0.3 is 31.6 Å². The molecule has 116 valence electrons. The molecule has 10 nitrogen and oxygen atoms in total. The number of nitrogens with one attached hydrogen (secondary N) is 3. The third-order valence-electron chi connectivity index (χ3n) is 2.56. The number of aromatic amines is 1. The minimum atomic E-state index is -1.41. The van der Waals surface area contributed by atoms with E-state index in [0.29, 0.717) is 5.69 Å². The van der Waals surface area contributed by atoms with E-state index in [-0.39, 0.29) is 6.42 Å². The average molecular weight is 299 g/mol. The van der Waals surface area contributed by atoms with Gasteiger partial charge in [0.2, 0.25) is 11.8 Å². The first kappa shape index (κ1) is 16.6. The molecule has 0 radical (unpaired) electrons. The molecule has 0 aliphatic heterocycles. The number of carboxylic acids is 1. The summed E-state index contributed by atoms with van der Waals surface area (Å²) in [6.45, 7) is -1.18. The second-order valence-electron chi connectivity index (χ2n) is 4.23. The van der Waals surface area contributed by atoms with Gasteiger partial charge >= 0.3 is 5.97 Å². The number of nitrogens with zero attached hydrogens (tertiary/aromatic N) is 1. The smallest absolute Gasteiger partial charge is 0.328 e. The minimum Gasteiger partial charge on any atom is -0.480 e. The number of hydrogen-bond acceptors (Lipinski definition) is 6. The van der Waals surface area contributed by atoms with E-state index in [4.69, 9.17) is 15.9 Å². The van der Waals surface area contributed by atoms with Gasteiger partial charge in [-0.15, -0.1) is 0 Å². The van der Waals surface area contributed by atoms with Crippen LogP contribution in [-0.4, -0.2) is 63.2 Å². The van der Waals surface area contributed by atoms with Crippen LogP contribution in [0.1, 0.15) is 5.69 Å². The van der Waals surface area contributed by atoms with E-state index in [1.54, 1.807) is 6.20 Å². The van der Waals surface area contributed by atoms with Crippen LogP contribution in [0.5, 0.6) is 0 Å². The van der Waals surface area contributed by atoms with Crippen molar-refractivity contribution in [2.75, 3.05) is 13.2 Å². The number of carbonyl (C=O) groups excluding carboxylic acids is 2. The number of aliphatic hydroxyl groups excluding tert-OH is 1. The second kappa shape index (κ2) is 7.97. The maximum Gasteiger partial charge on any atom is 0.328 e. The van der Waals surface area contributed by atoms with Crippen LogP contribution in [0.2, 0.25) is 0 Å². The summed E-state index contributed by atoms with van der Waals surface area (Å²) in [7, 11) is 0. The van der Waals surface area contributed by atoms with Crippen molar-refractivity contribution in [3.63, 3.8) is 0 Å². The first-order valence-corrected chi connectivity index (χ1v) is 6.08. The maximum absolute atomic E-state index is 11.6. The molecule has 0 fully saturated rings. The van der Waals surface area contributed by atoms with Crippen LogP contribution in [0.25, 0.3) is 0 Å². The van der Waals surface area contributed by atoms with Crippen molar-refractivity contribution in [1.82, 2.24) is 20.6 Å². The summed E-state index contributed by atoms with van der Waals surface area (Å²) >= 11 is 0. The molecule has 1 aromatic heterocycles. The number of rotatable bonds is 8. The van der Waals surface area contributed by atoms with Gasteiger partial charge in [0.1, 0.15) is 6.04 Å². The van der Waals surface area contributed by atoms with Crippen LogP contribution < -0.4 is 16.4 Å². The summed E-state index contributed by atoms with van der Waals surface area (Å²) < 4.78 is 0. The fourth-order valence-corrected chi connectivity index (χ4v) is 1.45. The number of hydrogen-bond donors (Lipinski definition) is 6. The molecule has 21 heavy (non-hydrogen) atoms. The molecule has 1 rings (SSSR count). The quantitative estimate of drug-likeness (QED) is 0.296. The van der Waals surface area contributed by atoms with Crippen molar-refractivity contribution in [2.24, 2.45) is 5.73 Å². The van der Waals surface area contributed by atoms with Crippen LogP contribution in [-0.2, 0) is 20.8 Å². The highest BCUT2D eigenvalue weighted by molar-refractivity contribution is 5.89. The Balaban J connectivity index is 2.34. The fraction of sp³-hybridized carbons (Fsp3) is 0.455. The highest BCUT2D eigenvalue weighted by Crippen LogP contribution is 1.96. The lowest BCUT2D eigenvalue weighted by Crippen LogP contribution is -2.50. The summed E-state index contributed by atoms with van der Waals surface area (Å²) in [5.74, 6) is -2.67. The number of nitrogens with two attached hydrogens (primary N) is 1. The fourth-order valence-electron chi connectivity index (χ4n) is 1.45. The monoisotopic (exact) mass is 299 g/mol. The third kappa shape index (κ3) is 5.58. The zero-order valence-corrected chi connectivity index (χ0v) is 11.1. The standard InChI is InChI=1S/C11H17N5O5/c12-7(1-6-2-13-5-15-6)10(19)14-3-9(18)16-8(4-17)11(20)21/h2,5,7-8,17H,1,3-4,12H2,(H,13,15)(H,14,19)(H,16,18)(H,20,21)/t7-,8-/m0/s1. The Labute approximate surface area is 119 Å². The highest BCUT2D eigenvalue weighted by Gasteiger charge is 2.20. The number of aromatic nitrogens is 2. The molecule has 0 aliphatic carbocycles. The van der Waals surface area contributed by atoms with Gasteiger partial charge in [-0.2, -0.15) is 0 Å². The Kier molecular flexibility index (Phi) is 6.30. The summed E-state index contributed by atoms with van der Waals surface area (Å²) in [5.41, 5.74) is 6.24. The van der Waals surface area contributed by atoms with E-state index >= 15 is 0 Å². The van der Waals surface area contributed by atoms with Gasteiger partial charge in [-0.1, -0.05) is 0 Å². The minimum absolute atomic E-state index is 0.200. The zero-order valence-electron chi connectivity index (χ0n) is 11.1. The number of carboxylic acid groups (broad SMARTS) is 1. The predicted molar refractivity (Wildman–Crippen MR) is 69.9 cm³/mol. The molecule has 2 amide bonds. The lowest BCUT2D eigenvalue weighted by molar-refractivity contribution is -0.142. The predicted octanol–water partition coefficient (Wildman–Crippen LogP) is -3.04. The van der Waals surface area contributed by atoms with Gasteiger partial charge in [0.15, 0.2) is 0 Å². The van der Waals surface area contributed by atoms with Crippen LogP contribution in [0.15, 0.2) is 12.5 Å². The van der Waals surface area contributed by atoms with Crippen molar-refractivity contribution in [1.29, 1.82) is 0 Å². The van der Waals surface area contributed by atoms with Gasteiger partial charge in [0.25, 0.3) is 0 Å². The molecule has 0 aliphatic rings. The lowest BCUT2D eigenvalue weighted by Gasteiger charge is -2.13. The molecule has 0 spiro atoms. The molecule has 0 bridgehead atoms. The molecule has 0 aromatic carbocycles. The molecule has 10 heteroatoms. The van der Waals surface area contributed by atoms with Gasteiger partial charge in [0, 0.05) is 12.6 Å². The van der Waals surface area contributed by atoms with Crippen LogP contribution >= 0.6 is 0 Å². The molecule has 0 saturated heterocycles. The Bertz CT molecular complexity index is 489. The number of H-pyrrole nitrogens is 1. The van der Waals surface area contributed by atoms with Crippen molar-refractivity contribution in [3.05, 3.63) is 18.2 Å². The number of aliphatic hydroxyl groups is 1. The van der Waals surface area contributed by atoms with Crippen LogP contribution in [0, 0.1) is 0 Å². The summed E-state index contributed by atoms with van der Waals surface area (Å²) in [6, 6.07) is -2.29. The van der Waals surface area contributed by atoms with Gasteiger partial charge in [-0.05, 0) is 0 Å². The van der Waals surface area contributed by atoms with Crippen molar-refractivity contribution < 1.29 is 24.6 Å². The van der Waals surface area contributed by atoms with Crippen molar-refractivity contribution in [3.8, 4) is 0 Å². The Morgan fingerprint density at radius 3 is 2.67 bits per heavy atom. The zero-order chi connectivity index (χ0) is 15.8. The molecular weight excluding hydrogens is 282 g/mol. The first-order chi connectivity index (χ1) is 9.93. The Morgan fingerprint density at radius 2 is 2.14 bits per heavy atom. The molecule has 2 atom stereocenters. The molecule has 0 unspecified atom stereocenters. The van der Waals surface area contributed by atoms with Crippen molar-refractivity contribution >= 4 is 17.8 Å². The first-order valence-electron chi connectivity index (χ1n) is 6.08. The molecule has 0 saturated carbocycles. The number of amides is 2. The molecule has 1 heterocycles. The lowest BCUT2D eigenvalue weighted by atomic mass is 10.1. The largest absolute Gasteiger partial charge is 0.480 e. The van der Waals surface area contributed by atoms with Gasteiger partial charge in [-0.3, -0.25) is 9.59 Å². The van der Waals surface area contributed by atoms with E-state index < -0.39 is 43.0 Å². The topological polar surface area (TPSA) is 170 Å². The maximum atomic E-state index is 11.6. The van der Waals surface area contributed by atoms with Gasteiger partial charge in [-0.25, -0.2) is 9.78 Å².